The van der Waals surface area contributed by atoms with Crippen LogP contribution in [-0.4, -0.2) is 10.2 Å². The van der Waals surface area contributed by atoms with E-state index >= 15 is 0 Å². The Bertz CT molecular complexity index is 1020. The molecule has 0 aromatic heterocycles. The SMILES string of the molecule is Oc1ccc2cc(Br)ccc2c1-c1c(O)ccc2cc(Br)ccc12.[S]. The Labute approximate surface area is 168 Å². The van der Waals surface area contributed by atoms with Crippen molar-refractivity contribution in [3.63, 3.8) is 0 Å². The van der Waals surface area contributed by atoms with Gasteiger partial charge in [0.2, 0.25) is 0 Å². The first-order valence-electron chi connectivity index (χ1n) is 7.37. The average molecular weight is 476 g/mol. The zero-order chi connectivity index (χ0) is 16.8. The molecule has 0 amide bonds. The van der Waals surface area contributed by atoms with Crippen molar-refractivity contribution in [2.24, 2.45) is 0 Å². The first-order chi connectivity index (χ1) is 11.5. The van der Waals surface area contributed by atoms with Gasteiger partial charge in [0.25, 0.3) is 0 Å². The fourth-order valence-corrected chi connectivity index (χ4v) is 3.86. The highest BCUT2D eigenvalue weighted by Gasteiger charge is 2.16. The molecule has 0 bridgehead atoms. The summed E-state index contributed by atoms with van der Waals surface area (Å²) in [6.07, 6.45) is 0. The van der Waals surface area contributed by atoms with Crippen molar-refractivity contribution in [3.8, 4) is 22.6 Å². The van der Waals surface area contributed by atoms with Crippen molar-refractivity contribution in [1.82, 2.24) is 0 Å². The summed E-state index contributed by atoms with van der Waals surface area (Å²) in [5.41, 5.74) is 1.29. The molecule has 25 heavy (non-hydrogen) atoms. The van der Waals surface area contributed by atoms with E-state index in [1.807, 2.05) is 48.5 Å². The van der Waals surface area contributed by atoms with Crippen LogP contribution in [-0.2, 0) is 0 Å². The van der Waals surface area contributed by atoms with Crippen LogP contribution in [0.3, 0.4) is 0 Å². The molecule has 0 aliphatic rings. The van der Waals surface area contributed by atoms with Gasteiger partial charge in [-0.25, -0.2) is 0 Å². The first kappa shape index (κ1) is 18.1. The van der Waals surface area contributed by atoms with Gasteiger partial charge in [0.05, 0.1) is 0 Å². The fourth-order valence-electron chi connectivity index (χ4n) is 3.10. The predicted molar refractivity (Wildman–Crippen MR) is 113 cm³/mol. The number of halogens is 2. The smallest absolute Gasteiger partial charge is 0.124 e. The fraction of sp³-hybridized carbons (Fsp3) is 0. The molecule has 0 heterocycles. The zero-order valence-corrected chi connectivity index (χ0v) is 16.8. The van der Waals surface area contributed by atoms with E-state index in [1.165, 1.54) is 0 Å². The maximum Gasteiger partial charge on any atom is 0.124 e. The third kappa shape index (κ3) is 3.12. The normalized spacial score (nSPS) is 10.8. The summed E-state index contributed by atoms with van der Waals surface area (Å²) in [4.78, 5) is 0. The largest absolute Gasteiger partial charge is 0.507 e. The van der Waals surface area contributed by atoms with E-state index in [2.05, 4.69) is 31.9 Å². The van der Waals surface area contributed by atoms with Gasteiger partial charge in [-0.1, -0.05) is 56.1 Å². The molecule has 0 aliphatic carbocycles. The minimum atomic E-state index is 0. The number of hydrogen-bond acceptors (Lipinski definition) is 2. The lowest BCUT2D eigenvalue weighted by molar-refractivity contribution is 0.470. The van der Waals surface area contributed by atoms with E-state index in [-0.39, 0.29) is 25.0 Å². The maximum absolute atomic E-state index is 10.5. The first-order valence-corrected chi connectivity index (χ1v) is 8.96. The number of rotatable bonds is 1. The van der Waals surface area contributed by atoms with Crippen molar-refractivity contribution in [3.05, 3.63) is 69.6 Å². The summed E-state index contributed by atoms with van der Waals surface area (Å²) >= 11 is 6.95. The molecule has 124 valence electrons. The number of aromatic hydroxyl groups is 2. The molecular formula is C20H12Br2O2S. The number of benzene rings is 4. The predicted octanol–water partition coefficient (Wildman–Crippen LogP) is 7.24. The van der Waals surface area contributed by atoms with Gasteiger partial charge in [-0.3, -0.25) is 0 Å². The van der Waals surface area contributed by atoms with E-state index in [9.17, 15) is 10.2 Å². The molecular weight excluding hydrogens is 464 g/mol. The molecule has 0 atom stereocenters. The average Bonchev–Trinajstić information content (AvgIpc) is 2.56. The van der Waals surface area contributed by atoms with Crippen LogP contribution in [0.5, 0.6) is 11.5 Å². The Morgan fingerprint density at radius 3 is 1.36 bits per heavy atom. The molecule has 2 N–H and O–H groups in total. The van der Waals surface area contributed by atoms with Crippen LogP contribution in [0.2, 0.25) is 0 Å². The molecule has 0 unspecified atom stereocenters. The van der Waals surface area contributed by atoms with Crippen molar-refractivity contribution in [2.45, 2.75) is 0 Å². The van der Waals surface area contributed by atoms with Crippen LogP contribution in [0.15, 0.2) is 69.6 Å². The van der Waals surface area contributed by atoms with E-state index in [0.29, 0.717) is 11.1 Å². The van der Waals surface area contributed by atoms with Crippen LogP contribution in [0.4, 0.5) is 0 Å². The van der Waals surface area contributed by atoms with Crippen molar-refractivity contribution < 1.29 is 10.2 Å². The zero-order valence-electron chi connectivity index (χ0n) is 12.8. The second-order valence-corrected chi connectivity index (χ2v) is 7.48. The number of fused-ring (bicyclic) bond motifs is 2. The van der Waals surface area contributed by atoms with Crippen molar-refractivity contribution in [2.75, 3.05) is 0 Å². The molecule has 2 radical (unpaired) electrons. The summed E-state index contributed by atoms with van der Waals surface area (Å²) in [6, 6.07) is 18.8. The Morgan fingerprint density at radius 2 is 0.960 bits per heavy atom. The van der Waals surface area contributed by atoms with Crippen LogP contribution in [0, 0.1) is 0 Å². The number of phenols is 2. The summed E-state index contributed by atoms with van der Waals surface area (Å²) < 4.78 is 1.94. The molecule has 4 aromatic carbocycles. The molecule has 0 spiro atoms. The molecule has 0 aliphatic heterocycles. The molecule has 0 saturated carbocycles. The van der Waals surface area contributed by atoms with Gasteiger partial charge < -0.3 is 10.2 Å². The van der Waals surface area contributed by atoms with Gasteiger partial charge in [0.15, 0.2) is 0 Å². The second-order valence-electron chi connectivity index (χ2n) is 5.65. The topological polar surface area (TPSA) is 40.5 Å². The Balaban J connectivity index is 0.00000182. The summed E-state index contributed by atoms with van der Waals surface area (Å²) in [5, 5.41) is 24.8. The molecule has 4 rings (SSSR count). The van der Waals surface area contributed by atoms with E-state index in [4.69, 9.17) is 0 Å². The third-order valence-corrected chi connectivity index (χ3v) is 5.16. The van der Waals surface area contributed by atoms with Gasteiger partial charge in [0.1, 0.15) is 11.5 Å². The monoisotopic (exact) mass is 474 g/mol. The Kier molecular flexibility index (Phi) is 5.00. The van der Waals surface area contributed by atoms with Gasteiger partial charge in [-0.15, -0.1) is 0 Å². The summed E-state index contributed by atoms with van der Waals surface area (Å²) in [6.45, 7) is 0. The lowest BCUT2D eigenvalue weighted by Crippen LogP contribution is -1.87. The lowest BCUT2D eigenvalue weighted by Gasteiger charge is -2.14. The van der Waals surface area contributed by atoms with E-state index in [1.54, 1.807) is 12.1 Å². The molecule has 5 heteroatoms. The van der Waals surface area contributed by atoms with Crippen LogP contribution in [0.25, 0.3) is 32.7 Å². The minimum absolute atomic E-state index is 0. The van der Waals surface area contributed by atoms with Gasteiger partial charge in [-0.05, 0) is 57.9 Å². The minimum Gasteiger partial charge on any atom is -0.507 e. The van der Waals surface area contributed by atoms with Crippen LogP contribution >= 0.6 is 45.4 Å². The van der Waals surface area contributed by atoms with Crippen LogP contribution < -0.4 is 0 Å². The second kappa shape index (κ2) is 6.90. The molecule has 0 saturated heterocycles. The Hall–Kier alpha value is -1.69. The lowest BCUT2D eigenvalue weighted by atomic mass is 9.92. The quantitative estimate of drug-likeness (QED) is 0.304. The van der Waals surface area contributed by atoms with Crippen molar-refractivity contribution >= 4 is 66.9 Å². The Morgan fingerprint density at radius 1 is 0.560 bits per heavy atom. The van der Waals surface area contributed by atoms with Gasteiger partial charge >= 0.3 is 0 Å². The highest BCUT2D eigenvalue weighted by Crippen LogP contribution is 2.45. The maximum atomic E-state index is 10.5. The summed E-state index contributed by atoms with van der Waals surface area (Å²) in [7, 11) is 0. The van der Waals surface area contributed by atoms with E-state index < -0.39 is 0 Å². The molecule has 4 aromatic rings. The van der Waals surface area contributed by atoms with Gasteiger partial charge in [-0.2, -0.15) is 0 Å². The number of hydrogen-bond donors (Lipinski definition) is 2. The molecule has 2 nitrogen and oxygen atoms in total. The van der Waals surface area contributed by atoms with Crippen LogP contribution in [0.1, 0.15) is 0 Å². The molecule has 0 fully saturated rings. The highest BCUT2D eigenvalue weighted by molar-refractivity contribution is 9.10. The highest BCUT2D eigenvalue weighted by atomic mass is 79.9. The van der Waals surface area contributed by atoms with Gasteiger partial charge in [0, 0.05) is 33.6 Å². The number of phenolic OH excluding ortho intramolecular Hbond substituents is 2. The van der Waals surface area contributed by atoms with E-state index in [0.717, 1.165) is 30.5 Å². The summed E-state index contributed by atoms with van der Waals surface area (Å²) in [5.74, 6) is 0.297. The van der Waals surface area contributed by atoms with Crippen molar-refractivity contribution in [1.29, 1.82) is 0 Å². The third-order valence-electron chi connectivity index (χ3n) is 4.17. The standard InChI is InChI=1S/C20H12Br2O2.S/c21-13-3-5-15-11(9-13)1-7-17(23)19(15)20-16-6-4-14(22)10-12(16)2-8-18(20)24;/h1-10,23-24H;.